The summed E-state index contributed by atoms with van der Waals surface area (Å²) in [5, 5.41) is 3.41. The number of anilines is 2. The number of fused-ring (bicyclic) bond motifs is 1. The molecule has 4 nitrogen and oxygen atoms in total. The first kappa shape index (κ1) is 15.6. The molecule has 0 amide bonds. The second kappa shape index (κ2) is 6.93. The largest absolute Gasteiger partial charge is 0.366 e. The Balaban J connectivity index is 1.46. The lowest BCUT2D eigenvalue weighted by molar-refractivity contribution is 0.708. The summed E-state index contributed by atoms with van der Waals surface area (Å²) in [6.07, 6.45) is 2.88. The molecule has 1 aliphatic heterocycles. The van der Waals surface area contributed by atoms with E-state index in [9.17, 15) is 0 Å². The van der Waals surface area contributed by atoms with E-state index in [1.807, 2.05) is 12.3 Å². The predicted octanol–water partition coefficient (Wildman–Crippen LogP) is 3.96. The molecule has 1 aromatic heterocycles. The molecule has 2 heterocycles. The molecule has 126 valence electrons. The SMILES string of the molecule is Cc1cccc(CNc2ccnc(N3CCc4ccccc4C3)n2)c1. The summed E-state index contributed by atoms with van der Waals surface area (Å²) in [6.45, 7) is 4.71. The van der Waals surface area contributed by atoms with Gasteiger partial charge >= 0.3 is 0 Å². The van der Waals surface area contributed by atoms with Crippen molar-refractivity contribution in [2.45, 2.75) is 26.4 Å². The summed E-state index contributed by atoms with van der Waals surface area (Å²) in [6, 6.07) is 19.1. The third-order valence-corrected chi connectivity index (χ3v) is 4.61. The van der Waals surface area contributed by atoms with E-state index >= 15 is 0 Å². The fraction of sp³-hybridized carbons (Fsp3) is 0.238. The Labute approximate surface area is 148 Å². The van der Waals surface area contributed by atoms with Gasteiger partial charge in [-0.2, -0.15) is 4.98 Å². The summed E-state index contributed by atoms with van der Waals surface area (Å²) in [5.41, 5.74) is 5.34. The molecule has 1 aliphatic rings. The Bertz CT molecular complexity index is 875. The lowest BCUT2D eigenvalue weighted by Gasteiger charge is -2.28. The van der Waals surface area contributed by atoms with Crippen LogP contribution >= 0.6 is 0 Å². The van der Waals surface area contributed by atoms with Crippen LogP contribution in [0.4, 0.5) is 11.8 Å². The molecule has 2 aromatic carbocycles. The Morgan fingerprint density at radius 3 is 2.80 bits per heavy atom. The number of nitrogens with one attached hydrogen (secondary N) is 1. The van der Waals surface area contributed by atoms with Crippen molar-refractivity contribution >= 4 is 11.8 Å². The molecule has 1 N–H and O–H groups in total. The van der Waals surface area contributed by atoms with Crippen LogP contribution in [0.5, 0.6) is 0 Å². The zero-order valence-corrected chi connectivity index (χ0v) is 14.4. The standard InChI is InChI=1S/C21H22N4/c1-16-5-4-6-17(13-16)14-23-20-9-11-22-21(24-20)25-12-10-18-7-2-3-8-19(18)15-25/h2-9,11,13H,10,12,14-15H2,1H3,(H,22,23,24). The first-order valence-electron chi connectivity index (χ1n) is 8.72. The van der Waals surface area contributed by atoms with Gasteiger partial charge in [0.15, 0.2) is 0 Å². The van der Waals surface area contributed by atoms with Crippen LogP contribution in [-0.4, -0.2) is 16.5 Å². The van der Waals surface area contributed by atoms with E-state index in [1.165, 1.54) is 22.3 Å². The van der Waals surface area contributed by atoms with Gasteiger partial charge in [0.2, 0.25) is 5.95 Å². The van der Waals surface area contributed by atoms with Crippen LogP contribution in [0.25, 0.3) is 0 Å². The zero-order chi connectivity index (χ0) is 17.1. The van der Waals surface area contributed by atoms with Gasteiger partial charge in [0.1, 0.15) is 5.82 Å². The lowest BCUT2D eigenvalue weighted by atomic mass is 10.0. The second-order valence-corrected chi connectivity index (χ2v) is 6.52. The van der Waals surface area contributed by atoms with Gasteiger partial charge in [-0.1, -0.05) is 54.1 Å². The number of nitrogens with zero attached hydrogens (tertiary/aromatic N) is 3. The maximum Gasteiger partial charge on any atom is 0.227 e. The molecule has 0 fully saturated rings. The average molecular weight is 330 g/mol. The van der Waals surface area contributed by atoms with E-state index in [0.717, 1.165) is 37.8 Å². The number of rotatable bonds is 4. The highest BCUT2D eigenvalue weighted by molar-refractivity contribution is 5.45. The van der Waals surface area contributed by atoms with E-state index in [1.54, 1.807) is 0 Å². The molecule has 0 saturated heterocycles. The minimum atomic E-state index is 0.765. The molecule has 4 heteroatoms. The quantitative estimate of drug-likeness (QED) is 0.786. The summed E-state index contributed by atoms with van der Waals surface area (Å²) in [4.78, 5) is 11.4. The van der Waals surface area contributed by atoms with E-state index in [0.29, 0.717) is 0 Å². The van der Waals surface area contributed by atoms with Crippen LogP contribution in [0.1, 0.15) is 22.3 Å². The molecule has 25 heavy (non-hydrogen) atoms. The zero-order valence-electron chi connectivity index (χ0n) is 14.4. The molecule has 0 bridgehead atoms. The van der Waals surface area contributed by atoms with Crippen molar-refractivity contribution in [1.82, 2.24) is 9.97 Å². The number of hydrogen-bond donors (Lipinski definition) is 1. The van der Waals surface area contributed by atoms with E-state index in [-0.39, 0.29) is 0 Å². The minimum absolute atomic E-state index is 0.765. The maximum absolute atomic E-state index is 4.71. The summed E-state index contributed by atoms with van der Waals surface area (Å²) in [7, 11) is 0. The summed E-state index contributed by atoms with van der Waals surface area (Å²) >= 11 is 0. The predicted molar refractivity (Wildman–Crippen MR) is 102 cm³/mol. The topological polar surface area (TPSA) is 41.1 Å². The molecule has 0 unspecified atom stereocenters. The van der Waals surface area contributed by atoms with Gasteiger partial charge in [0.25, 0.3) is 0 Å². The van der Waals surface area contributed by atoms with Crippen molar-refractivity contribution in [1.29, 1.82) is 0 Å². The molecule has 4 rings (SSSR count). The normalized spacial score (nSPS) is 13.4. The molecule has 0 atom stereocenters. The Morgan fingerprint density at radius 2 is 1.92 bits per heavy atom. The van der Waals surface area contributed by atoms with Gasteiger partial charge in [-0.15, -0.1) is 0 Å². The van der Waals surface area contributed by atoms with E-state index in [4.69, 9.17) is 4.98 Å². The minimum Gasteiger partial charge on any atom is -0.366 e. The number of aromatic nitrogens is 2. The highest BCUT2D eigenvalue weighted by atomic mass is 15.3. The van der Waals surface area contributed by atoms with E-state index in [2.05, 4.69) is 70.7 Å². The fourth-order valence-corrected chi connectivity index (χ4v) is 3.28. The molecule has 0 aliphatic carbocycles. The molecule has 0 saturated carbocycles. The van der Waals surface area contributed by atoms with Gasteiger partial charge in [0, 0.05) is 25.8 Å². The highest BCUT2D eigenvalue weighted by Crippen LogP contribution is 2.22. The highest BCUT2D eigenvalue weighted by Gasteiger charge is 2.18. The smallest absolute Gasteiger partial charge is 0.227 e. The van der Waals surface area contributed by atoms with Crippen LogP contribution in [0.3, 0.4) is 0 Å². The van der Waals surface area contributed by atoms with Gasteiger partial charge in [0.05, 0.1) is 0 Å². The van der Waals surface area contributed by atoms with E-state index < -0.39 is 0 Å². The maximum atomic E-state index is 4.71. The second-order valence-electron chi connectivity index (χ2n) is 6.52. The lowest BCUT2D eigenvalue weighted by Crippen LogP contribution is -2.31. The molecule has 0 radical (unpaired) electrons. The Morgan fingerprint density at radius 1 is 1.04 bits per heavy atom. The number of aryl methyl sites for hydroxylation is 1. The van der Waals surface area contributed by atoms with Crippen molar-refractivity contribution in [3.05, 3.63) is 83.0 Å². The van der Waals surface area contributed by atoms with Crippen LogP contribution in [0.2, 0.25) is 0 Å². The third kappa shape index (κ3) is 3.63. The third-order valence-electron chi connectivity index (χ3n) is 4.61. The van der Waals surface area contributed by atoms with Crippen molar-refractivity contribution in [3.63, 3.8) is 0 Å². The van der Waals surface area contributed by atoms with Crippen molar-refractivity contribution < 1.29 is 0 Å². The monoisotopic (exact) mass is 330 g/mol. The Kier molecular flexibility index (Phi) is 4.34. The summed E-state index contributed by atoms with van der Waals surface area (Å²) in [5.74, 6) is 1.66. The van der Waals surface area contributed by atoms with Crippen LogP contribution in [-0.2, 0) is 19.5 Å². The van der Waals surface area contributed by atoms with Gasteiger partial charge in [-0.25, -0.2) is 4.98 Å². The van der Waals surface area contributed by atoms with Crippen LogP contribution < -0.4 is 10.2 Å². The van der Waals surface area contributed by atoms with Crippen LogP contribution in [0, 0.1) is 6.92 Å². The molecule has 0 spiro atoms. The number of hydrogen-bond acceptors (Lipinski definition) is 4. The van der Waals surface area contributed by atoms with Crippen molar-refractivity contribution in [3.8, 4) is 0 Å². The molecule has 3 aromatic rings. The number of benzene rings is 2. The first-order chi connectivity index (χ1) is 12.3. The van der Waals surface area contributed by atoms with Gasteiger partial charge in [-0.05, 0) is 36.1 Å². The van der Waals surface area contributed by atoms with Crippen molar-refractivity contribution in [2.75, 3.05) is 16.8 Å². The van der Waals surface area contributed by atoms with Gasteiger partial charge in [-0.3, -0.25) is 0 Å². The van der Waals surface area contributed by atoms with Crippen LogP contribution in [0.15, 0.2) is 60.8 Å². The summed E-state index contributed by atoms with van der Waals surface area (Å²) < 4.78 is 0. The van der Waals surface area contributed by atoms with Gasteiger partial charge < -0.3 is 10.2 Å². The Hall–Kier alpha value is -2.88. The first-order valence-corrected chi connectivity index (χ1v) is 8.72. The average Bonchev–Trinajstić information content (AvgIpc) is 2.66. The molecular weight excluding hydrogens is 308 g/mol. The molecular formula is C21H22N4. The fourth-order valence-electron chi connectivity index (χ4n) is 3.28. The van der Waals surface area contributed by atoms with Crippen molar-refractivity contribution in [2.24, 2.45) is 0 Å².